The third-order valence-electron chi connectivity index (χ3n) is 6.05. The second-order valence-electron chi connectivity index (χ2n) is 8.79. The number of ether oxygens (including phenoxy) is 3. The molecule has 6 nitrogen and oxygen atoms in total. The Morgan fingerprint density at radius 3 is 2.97 bits per heavy atom. The van der Waals surface area contributed by atoms with Gasteiger partial charge in [0, 0.05) is 25.3 Å². The van der Waals surface area contributed by atoms with Crippen molar-refractivity contribution in [3.8, 4) is 5.75 Å². The number of hydrogen-bond donors (Lipinski definition) is 1. The number of benzene rings is 1. The van der Waals surface area contributed by atoms with E-state index in [1.54, 1.807) is 7.11 Å². The van der Waals surface area contributed by atoms with Crippen LogP contribution >= 0.6 is 11.6 Å². The molecule has 0 saturated carbocycles. The van der Waals surface area contributed by atoms with Crippen LogP contribution in [0.5, 0.6) is 5.75 Å². The molecule has 0 aliphatic carbocycles. The predicted molar refractivity (Wildman–Crippen MR) is 124 cm³/mol. The van der Waals surface area contributed by atoms with Crippen LogP contribution in [0.25, 0.3) is 0 Å². The lowest BCUT2D eigenvalue weighted by Gasteiger charge is -2.29. The molecule has 0 radical (unpaired) electrons. The van der Waals surface area contributed by atoms with Gasteiger partial charge in [0.2, 0.25) is 0 Å². The van der Waals surface area contributed by atoms with Gasteiger partial charge in [-0.2, -0.15) is 0 Å². The van der Waals surface area contributed by atoms with Crippen LogP contribution in [0.4, 0.5) is 4.79 Å². The van der Waals surface area contributed by atoms with Crippen LogP contribution < -0.4 is 10.1 Å². The fourth-order valence-corrected chi connectivity index (χ4v) is 4.33. The maximum absolute atomic E-state index is 12.0. The molecule has 0 spiro atoms. The predicted octanol–water partition coefficient (Wildman–Crippen LogP) is 5.18. The van der Waals surface area contributed by atoms with Crippen LogP contribution in [0.15, 0.2) is 42.0 Å². The number of aldehydes is 1. The topological polar surface area (TPSA) is 77.2 Å². The highest BCUT2D eigenvalue weighted by atomic mass is 35.5. The van der Waals surface area contributed by atoms with Crippen LogP contribution in [-0.2, 0) is 20.7 Å². The zero-order valence-electron chi connectivity index (χ0n) is 18.9. The summed E-state index contributed by atoms with van der Waals surface area (Å²) in [6, 6.07) is 5.83. The van der Waals surface area contributed by atoms with Gasteiger partial charge in [-0.1, -0.05) is 41.5 Å². The number of amides is 1. The monoisotopic (exact) mass is 461 g/mol. The summed E-state index contributed by atoms with van der Waals surface area (Å²) >= 11 is 6.09. The van der Waals surface area contributed by atoms with Crippen molar-refractivity contribution < 1.29 is 23.8 Å². The number of allylic oxidation sites excluding steroid dienone is 3. The zero-order chi connectivity index (χ0) is 23.1. The Hall–Kier alpha value is -2.31. The lowest BCUT2D eigenvalue weighted by molar-refractivity contribution is -0.108. The van der Waals surface area contributed by atoms with E-state index in [1.807, 2.05) is 31.2 Å². The van der Waals surface area contributed by atoms with Gasteiger partial charge in [-0.05, 0) is 50.8 Å². The first-order valence-corrected chi connectivity index (χ1v) is 11.4. The maximum Gasteiger partial charge on any atom is 0.407 e. The maximum atomic E-state index is 12.0. The van der Waals surface area contributed by atoms with E-state index >= 15 is 0 Å². The standard InChI is InChI=1S/C25H32ClNO5/c1-17(13-18-9-10-21(26)22(14-18)30-3)7-4-5-8-19-15-20(31-24(29)27-19)16-23-25(2,32-23)11-6-12-28/h4-5,7,9-10,12,14,19-20,23H,6,8,11,13,15-16H2,1-3H3,(H,27,29)/b5-4+,17-7+. The van der Waals surface area contributed by atoms with E-state index in [9.17, 15) is 9.59 Å². The molecule has 1 amide bonds. The summed E-state index contributed by atoms with van der Waals surface area (Å²) in [6.07, 6.45) is 10.8. The number of carbonyl (C=O) groups excluding carboxylic acids is 2. The van der Waals surface area contributed by atoms with Crippen molar-refractivity contribution >= 4 is 24.0 Å². The Morgan fingerprint density at radius 1 is 1.41 bits per heavy atom. The highest BCUT2D eigenvalue weighted by Crippen LogP contribution is 2.43. The molecule has 1 aromatic carbocycles. The van der Waals surface area contributed by atoms with E-state index in [4.69, 9.17) is 25.8 Å². The van der Waals surface area contributed by atoms with Gasteiger partial charge in [-0.3, -0.25) is 0 Å². The summed E-state index contributed by atoms with van der Waals surface area (Å²) in [6.45, 7) is 4.09. The molecular weight excluding hydrogens is 430 g/mol. The number of epoxide rings is 1. The molecule has 32 heavy (non-hydrogen) atoms. The first-order chi connectivity index (χ1) is 15.3. The summed E-state index contributed by atoms with van der Waals surface area (Å²) in [4.78, 5) is 22.6. The highest BCUT2D eigenvalue weighted by Gasteiger charge is 2.52. The van der Waals surface area contributed by atoms with Gasteiger partial charge in [0.25, 0.3) is 0 Å². The number of carbonyl (C=O) groups is 2. The molecule has 2 saturated heterocycles. The lowest BCUT2D eigenvalue weighted by Crippen LogP contribution is -2.45. The molecule has 4 unspecified atom stereocenters. The molecule has 0 bridgehead atoms. The van der Waals surface area contributed by atoms with Crippen molar-refractivity contribution in [1.29, 1.82) is 0 Å². The molecule has 7 heteroatoms. The van der Waals surface area contributed by atoms with E-state index in [1.165, 1.54) is 5.57 Å². The first kappa shape index (κ1) is 24.3. The molecule has 2 aliphatic heterocycles. The average molecular weight is 462 g/mol. The van der Waals surface area contributed by atoms with Crippen LogP contribution in [0.2, 0.25) is 5.02 Å². The number of methoxy groups -OCH3 is 1. The number of halogens is 1. The van der Waals surface area contributed by atoms with E-state index in [0.717, 1.165) is 31.1 Å². The van der Waals surface area contributed by atoms with E-state index in [0.29, 0.717) is 30.0 Å². The summed E-state index contributed by atoms with van der Waals surface area (Å²) in [5.74, 6) is 0.679. The molecule has 0 aromatic heterocycles. The van der Waals surface area contributed by atoms with Crippen LogP contribution in [0.3, 0.4) is 0 Å². The smallest absolute Gasteiger partial charge is 0.407 e. The minimum absolute atomic E-state index is 0.0340. The minimum Gasteiger partial charge on any atom is -0.495 e. The molecule has 1 aromatic rings. The lowest BCUT2D eigenvalue weighted by atomic mass is 9.94. The second-order valence-corrected chi connectivity index (χ2v) is 9.19. The van der Waals surface area contributed by atoms with Crippen LogP contribution in [0.1, 0.15) is 51.5 Å². The zero-order valence-corrected chi connectivity index (χ0v) is 19.7. The molecule has 2 heterocycles. The third-order valence-corrected chi connectivity index (χ3v) is 6.36. The van der Waals surface area contributed by atoms with Crippen molar-refractivity contribution in [3.05, 3.63) is 52.6 Å². The number of nitrogens with one attached hydrogen (secondary N) is 1. The number of cyclic esters (lactones) is 1. The van der Waals surface area contributed by atoms with E-state index in [-0.39, 0.29) is 29.9 Å². The van der Waals surface area contributed by atoms with Crippen molar-refractivity contribution in [1.82, 2.24) is 5.32 Å². The fraction of sp³-hybridized carbons (Fsp3) is 0.520. The van der Waals surface area contributed by atoms with E-state index in [2.05, 4.69) is 24.4 Å². The van der Waals surface area contributed by atoms with Crippen LogP contribution in [-0.4, -0.2) is 43.3 Å². The Labute approximate surface area is 194 Å². The quantitative estimate of drug-likeness (QED) is 0.279. The summed E-state index contributed by atoms with van der Waals surface area (Å²) in [7, 11) is 1.61. The Kier molecular flexibility index (Phi) is 8.38. The Morgan fingerprint density at radius 2 is 2.22 bits per heavy atom. The second kappa shape index (κ2) is 11.0. The Bertz CT molecular complexity index is 883. The van der Waals surface area contributed by atoms with Crippen molar-refractivity contribution in [2.24, 2.45) is 0 Å². The van der Waals surface area contributed by atoms with Crippen molar-refractivity contribution in [2.75, 3.05) is 7.11 Å². The molecule has 4 atom stereocenters. The van der Waals surface area contributed by atoms with Gasteiger partial charge in [0.05, 0.1) is 23.8 Å². The molecule has 2 aliphatic rings. The highest BCUT2D eigenvalue weighted by molar-refractivity contribution is 6.32. The molecule has 174 valence electrons. The van der Waals surface area contributed by atoms with Gasteiger partial charge in [-0.15, -0.1) is 0 Å². The third kappa shape index (κ3) is 6.84. The fourth-order valence-electron chi connectivity index (χ4n) is 4.14. The van der Waals surface area contributed by atoms with Gasteiger partial charge in [-0.25, -0.2) is 4.79 Å². The Balaban J connectivity index is 1.46. The van der Waals surface area contributed by atoms with Crippen molar-refractivity contribution in [2.45, 2.75) is 76.2 Å². The summed E-state index contributed by atoms with van der Waals surface area (Å²) in [5, 5.41) is 3.50. The number of alkyl carbamates (subject to hydrolysis) is 1. The molecule has 2 fully saturated rings. The summed E-state index contributed by atoms with van der Waals surface area (Å²) < 4.78 is 16.5. The summed E-state index contributed by atoms with van der Waals surface area (Å²) in [5.41, 5.74) is 2.08. The average Bonchev–Trinajstić information content (AvgIpc) is 3.39. The molecular formula is C25H32ClNO5. The van der Waals surface area contributed by atoms with Gasteiger partial charge < -0.3 is 24.3 Å². The van der Waals surface area contributed by atoms with Gasteiger partial charge in [0.1, 0.15) is 18.1 Å². The SMILES string of the molecule is COc1cc(C/C(C)=C/C=C/CC2CC(CC3OC3(C)CCC=O)OC(=O)N2)ccc1Cl. The molecule has 3 rings (SSSR count). The van der Waals surface area contributed by atoms with Crippen LogP contribution in [0, 0.1) is 0 Å². The normalized spacial score (nSPS) is 27.7. The van der Waals surface area contributed by atoms with Gasteiger partial charge in [0.15, 0.2) is 0 Å². The number of rotatable bonds is 11. The number of hydrogen-bond acceptors (Lipinski definition) is 5. The first-order valence-electron chi connectivity index (χ1n) is 11.1. The largest absolute Gasteiger partial charge is 0.495 e. The minimum atomic E-state index is -0.377. The molecule has 1 N–H and O–H groups in total. The van der Waals surface area contributed by atoms with Crippen molar-refractivity contribution in [3.63, 3.8) is 0 Å². The van der Waals surface area contributed by atoms with E-state index < -0.39 is 0 Å². The van der Waals surface area contributed by atoms with Gasteiger partial charge >= 0.3 is 6.09 Å².